The SMILES string of the molecule is COc1ccc(C)cc1S(=O)[O-].[K+]. The van der Waals surface area contributed by atoms with E-state index in [1.807, 2.05) is 6.92 Å². The molecule has 13 heavy (non-hydrogen) atoms. The second-order valence-electron chi connectivity index (χ2n) is 2.39. The maximum absolute atomic E-state index is 10.7. The molecule has 1 aromatic carbocycles. The van der Waals surface area contributed by atoms with E-state index >= 15 is 0 Å². The third-order valence-electron chi connectivity index (χ3n) is 1.50. The van der Waals surface area contributed by atoms with E-state index in [4.69, 9.17) is 4.74 Å². The molecule has 0 aliphatic rings. The van der Waals surface area contributed by atoms with Crippen molar-refractivity contribution < 1.29 is 64.9 Å². The number of benzene rings is 1. The van der Waals surface area contributed by atoms with E-state index < -0.39 is 11.1 Å². The van der Waals surface area contributed by atoms with Gasteiger partial charge in [-0.15, -0.1) is 0 Å². The molecule has 0 saturated carbocycles. The molecule has 0 fully saturated rings. The van der Waals surface area contributed by atoms with Gasteiger partial charge in [-0.2, -0.15) is 0 Å². The Balaban J connectivity index is 0.00000144. The molecule has 0 spiro atoms. The minimum absolute atomic E-state index is 0. The van der Waals surface area contributed by atoms with Crippen molar-refractivity contribution in [3.05, 3.63) is 23.8 Å². The Morgan fingerprint density at radius 2 is 2.08 bits per heavy atom. The summed E-state index contributed by atoms with van der Waals surface area (Å²) in [6.07, 6.45) is 0. The van der Waals surface area contributed by atoms with Crippen LogP contribution >= 0.6 is 0 Å². The van der Waals surface area contributed by atoms with Crippen molar-refractivity contribution in [2.24, 2.45) is 0 Å². The Labute approximate surface area is 123 Å². The summed E-state index contributed by atoms with van der Waals surface area (Å²) < 4.78 is 26.2. The Morgan fingerprint density at radius 3 is 2.54 bits per heavy atom. The fraction of sp³-hybridized carbons (Fsp3) is 0.250. The second kappa shape index (κ2) is 6.29. The summed E-state index contributed by atoms with van der Waals surface area (Å²) in [6, 6.07) is 5.01. The fourth-order valence-corrected chi connectivity index (χ4v) is 1.51. The van der Waals surface area contributed by atoms with Crippen LogP contribution in [-0.4, -0.2) is 15.9 Å². The molecule has 0 radical (unpaired) electrons. The van der Waals surface area contributed by atoms with E-state index in [-0.39, 0.29) is 56.3 Å². The first kappa shape index (κ1) is 13.8. The third-order valence-corrected chi connectivity index (χ3v) is 2.18. The zero-order valence-corrected chi connectivity index (χ0v) is 11.8. The van der Waals surface area contributed by atoms with Gasteiger partial charge in [0, 0.05) is 0 Å². The van der Waals surface area contributed by atoms with Crippen LogP contribution in [0.25, 0.3) is 0 Å². The van der Waals surface area contributed by atoms with E-state index in [9.17, 15) is 8.76 Å². The zero-order valence-electron chi connectivity index (χ0n) is 7.87. The number of hydrogen-bond donors (Lipinski definition) is 0. The van der Waals surface area contributed by atoms with Gasteiger partial charge in [-0.1, -0.05) is 6.07 Å². The molecule has 1 unspecified atom stereocenters. The number of ether oxygens (including phenoxy) is 1. The molecular formula is C8H9KO3S. The van der Waals surface area contributed by atoms with Crippen molar-refractivity contribution in [2.45, 2.75) is 11.8 Å². The fourth-order valence-electron chi connectivity index (χ4n) is 0.914. The topological polar surface area (TPSA) is 49.4 Å². The van der Waals surface area contributed by atoms with Gasteiger partial charge in [0.2, 0.25) is 0 Å². The van der Waals surface area contributed by atoms with Crippen LogP contribution < -0.4 is 56.1 Å². The number of methoxy groups -OCH3 is 1. The van der Waals surface area contributed by atoms with E-state index in [0.29, 0.717) is 5.75 Å². The number of hydrogen-bond acceptors (Lipinski definition) is 3. The molecule has 0 heterocycles. The van der Waals surface area contributed by atoms with E-state index in [2.05, 4.69) is 0 Å². The standard InChI is InChI=1S/C8H10O3S.K/c1-6-3-4-7(11-2)8(5-6)12(9)10;/h3-5H,1-2H3,(H,9,10);/q;+1/p-1. The molecule has 0 bridgehead atoms. The summed E-state index contributed by atoms with van der Waals surface area (Å²) in [7, 11) is 1.45. The molecule has 1 rings (SSSR count). The Kier molecular flexibility index (Phi) is 6.66. The van der Waals surface area contributed by atoms with Crippen molar-refractivity contribution in [1.29, 1.82) is 0 Å². The van der Waals surface area contributed by atoms with E-state index in [1.54, 1.807) is 18.2 Å². The molecular weight excluding hydrogens is 215 g/mol. The first-order valence-corrected chi connectivity index (χ1v) is 4.46. The molecule has 0 saturated heterocycles. The van der Waals surface area contributed by atoms with Crippen molar-refractivity contribution in [3.8, 4) is 5.75 Å². The smallest absolute Gasteiger partial charge is 0.768 e. The summed E-state index contributed by atoms with van der Waals surface area (Å²) in [5, 5.41) is 0. The predicted octanol–water partition coefficient (Wildman–Crippen LogP) is -1.75. The van der Waals surface area contributed by atoms with Gasteiger partial charge in [-0.3, -0.25) is 4.21 Å². The average molecular weight is 224 g/mol. The summed E-state index contributed by atoms with van der Waals surface area (Å²) >= 11 is -2.23. The molecule has 1 aromatic rings. The van der Waals surface area contributed by atoms with Gasteiger partial charge in [-0.25, -0.2) is 0 Å². The van der Waals surface area contributed by atoms with Crippen molar-refractivity contribution in [1.82, 2.24) is 0 Å². The van der Waals surface area contributed by atoms with Crippen LogP contribution in [0.4, 0.5) is 0 Å². The second-order valence-corrected chi connectivity index (χ2v) is 3.30. The van der Waals surface area contributed by atoms with Crippen molar-refractivity contribution in [3.63, 3.8) is 0 Å². The Bertz CT molecular complexity index is 314. The third kappa shape index (κ3) is 3.79. The van der Waals surface area contributed by atoms with Crippen LogP contribution in [0.1, 0.15) is 5.56 Å². The maximum Gasteiger partial charge on any atom is 1.00 e. The quantitative estimate of drug-likeness (QED) is 0.442. The largest absolute Gasteiger partial charge is 1.00 e. The van der Waals surface area contributed by atoms with Gasteiger partial charge in [0.15, 0.2) is 0 Å². The molecule has 0 aliphatic carbocycles. The Hall–Kier alpha value is 0.766. The first-order chi connectivity index (χ1) is 5.65. The molecule has 5 heteroatoms. The maximum atomic E-state index is 10.7. The molecule has 0 aliphatic heterocycles. The zero-order chi connectivity index (χ0) is 9.14. The van der Waals surface area contributed by atoms with E-state index in [1.165, 1.54) is 7.11 Å². The van der Waals surface area contributed by atoms with Crippen LogP contribution in [0.2, 0.25) is 0 Å². The summed E-state index contributed by atoms with van der Waals surface area (Å²) in [4.78, 5) is 0.206. The minimum Gasteiger partial charge on any atom is -0.768 e. The van der Waals surface area contributed by atoms with Gasteiger partial charge < -0.3 is 9.29 Å². The van der Waals surface area contributed by atoms with Crippen molar-refractivity contribution >= 4 is 11.1 Å². The van der Waals surface area contributed by atoms with Gasteiger partial charge in [-0.05, 0) is 35.7 Å². The predicted molar refractivity (Wildman–Crippen MR) is 44.9 cm³/mol. The Morgan fingerprint density at radius 1 is 1.46 bits per heavy atom. The number of aryl methyl sites for hydroxylation is 1. The van der Waals surface area contributed by atoms with Crippen LogP contribution in [0.5, 0.6) is 5.75 Å². The van der Waals surface area contributed by atoms with Crippen LogP contribution in [0.3, 0.4) is 0 Å². The van der Waals surface area contributed by atoms with Crippen molar-refractivity contribution in [2.75, 3.05) is 7.11 Å². The average Bonchev–Trinajstić information content (AvgIpc) is 2.04. The molecule has 1 atom stereocenters. The molecule has 0 amide bonds. The van der Waals surface area contributed by atoms with Gasteiger partial charge in [0.05, 0.1) is 12.0 Å². The molecule has 0 N–H and O–H groups in total. The molecule has 0 aromatic heterocycles. The van der Waals surface area contributed by atoms with E-state index in [0.717, 1.165) is 5.56 Å². The van der Waals surface area contributed by atoms with Crippen LogP contribution in [0, 0.1) is 6.92 Å². The monoisotopic (exact) mass is 224 g/mol. The summed E-state index contributed by atoms with van der Waals surface area (Å²) in [5.74, 6) is 0.383. The first-order valence-electron chi connectivity index (χ1n) is 3.39. The summed E-state index contributed by atoms with van der Waals surface area (Å²) in [5.41, 5.74) is 0.898. The van der Waals surface area contributed by atoms with Gasteiger partial charge in [0.25, 0.3) is 0 Å². The molecule has 3 nitrogen and oxygen atoms in total. The molecule has 66 valence electrons. The van der Waals surface area contributed by atoms with Crippen LogP contribution in [0.15, 0.2) is 23.1 Å². The van der Waals surface area contributed by atoms with Gasteiger partial charge in [0.1, 0.15) is 5.75 Å². The normalized spacial score (nSPS) is 11.6. The minimum atomic E-state index is -2.23. The summed E-state index contributed by atoms with van der Waals surface area (Å²) in [6.45, 7) is 1.83. The van der Waals surface area contributed by atoms with Gasteiger partial charge >= 0.3 is 51.4 Å². The van der Waals surface area contributed by atoms with Crippen LogP contribution in [-0.2, 0) is 11.1 Å². The number of rotatable bonds is 2.